The maximum atomic E-state index is 13.2. The fourth-order valence-electron chi connectivity index (χ4n) is 4.86. The molecule has 11 heteroatoms. The summed E-state index contributed by atoms with van der Waals surface area (Å²) in [4.78, 5) is 32.6. The van der Waals surface area contributed by atoms with E-state index in [-0.39, 0.29) is 42.1 Å². The average Bonchev–Trinajstić information content (AvgIpc) is 3.47. The number of piperidine rings is 1. The van der Waals surface area contributed by atoms with Crippen LogP contribution in [0.4, 0.5) is 4.79 Å². The van der Waals surface area contributed by atoms with Crippen LogP contribution in [0.15, 0.2) is 11.2 Å². The van der Waals surface area contributed by atoms with Crippen molar-refractivity contribution in [1.29, 1.82) is 0 Å². The quantitative estimate of drug-likeness (QED) is 0.675. The van der Waals surface area contributed by atoms with Gasteiger partial charge in [0, 0.05) is 64.7 Å². The van der Waals surface area contributed by atoms with Crippen LogP contribution in [0, 0.1) is 12.8 Å². The van der Waals surface area contributed by atoms with Crippen LogP contribution in [0.5, 0.6) is 0 Å². The van der Waals surface area contributed by atoms with Crippen LogP contribution in [0.2, 0.25) is 0 Å². The van der Waals surface area contributed by atoms with Crippen molar-refractivity contribution in [3.8, 4) is 0 Å². The third-order valence-electron chi connectivity index (χ3n) is 7.01. The number of fused-ring (bicyclic) bond motifs is 2. The van der Waals surface area contributed by atoms with Crippen LogP contribution in [-0.4, -0.2) is 88.4 Å². The zero-order valence-electron chi connectivity index (χ0n) is 17.3. The van der Waals surface area contributed by atoms with Crippen LogP contribution >= 0.6 is 0 Å². The van der Waals surface area contributed by atoms with Crippen molar-refractivity contribution in [3.05, 3.63) is 12.0 Å². The number of hydrogen-bond donors (Lipinski definition) is 0. The average molecular weight is 438 g/mol. The van der Waals surface area contributed by atoms with Crippen molar-refractivity contribution in [1.82, 2.24) is 23.7 Å². The minimum Gasteiger partial charge on any atom is -0.440 e. The van der Waals surface area contributed by atoms with Gasteiger partial charge in [-0.2, -0.15) is 4.31 Å². The highest BCUT2D eigenvalue weighted by Gasteiger charge is 2.58. The summed E-state index contributed by atoms with van der Waals surface area (Å²) in [5.74, 6) is 0.985. The highest BCUT2D eigenvalue weighted by molar-refractivity contribution is 7.89. The zero-order chi connectivity index (χ0) is 21.3. The number of carbonyl (C=O) groups is 2. The summed E-state index contributed by atoms with van der Waals surface area (Å²) in [5, 5.41) is 0.0279. The first kappa shape index (κ1) is 19.8. The highest BCUT2D eigenvalue weighted by atomic mass is 32.2. The van der Waals surface area contributed by atoms with E-state index < -0.39 is 15.6 Å². The number of ether oxygens (including phenoxy) is 1. The van der Waals surface area contributed by atoms with Crippen molar-refractivity contribution in [2.75, 3.05) is 32.7 Å². The van der Waals surface area contributed by atoms with Gasteiger partial charge in [-0.15, -0.1) is 0 Å². The van der Waals surface area contributed by atoms with Gasteiger partial charge in [-0.05, 0) is 19.8 Å². The molecule has 10 nitrogen and oxygen atoms in total. The molecule has 0 N–H and O–H groups in total. The third kappa shape index (κ3) is 3.01. The normalized spacial score (nSPS) is 26.7. The maximum absolute atomic E-state index is 13.2. The van der Waals surface area contributed by atoms with Gasteiger partial charge >= 0.3 is 6.09 Å². The first-order valence-corrected chi connectivity index (χ1v) is 11.9. The SMILES string of the molecule is Cc1nc(S(=O)(=O)N2CCN3C(=O)OC4(CCN(C(=O)C5CC5)CC4)C3C2)cn1C. The molecule has 5 rings (SSSR count). The molecule has 2 amide bonds. The second-order valence-electron chi connectivity index (χ2n) is 8.84. The molecule has 1 saturated carbocycles. The van der Waals surface area contributed by atoms with E-state index in [4.69, 9.17) is 4.74 Å². The number of piperazine rings is 1. The van der Waals surface area contributed by atoms with Crippen LogP contribution in [0.1, 0.15) is 31.5 Å². The van der Waals surface area contributed by atoms with Gasteiger partial charge < -0.3 is 14.2 Å². The zero-order valence-corrected chi connectivity index (χ0v) is 18.1. The third-order valence-corrected chi connectivity index (χ3v) is 8.75. The molecule has 164 valence electrons. The largest absolute Gasteiger partial charge is 0.440 e. The molecule has 1 aromatic rings. The van der Waals surface area contributed by atoms with Crippen LogP contribution in [0.25, 0.3) is 0 Å². The van der Waals surface area contributed by atoms with Crippen LogP contribution < -0.4 is 0 Å². The second-order valence-corrected chi connectivity index (χ2v) is 10.7. The van der Waals surface area contributed by atoms with E-state index in [0.29, 0.717) is 38.3 Å². The van der Waals surface area contributed by atoms with Crippen LogP contribution in [0.3, 0.4) is 0 Å². The molecule has 3 aliphatic heterocycles. The minimum absolute atomic E-state index is 0.0279. The Hall–Kier alpha value is -2.14. The summed E-state index contributed by atoms with van der Waals surface area (Å²) in [6.45, 7) is 3.53. The first-order chi connectivity index (χ1) is 14.2. The second kappa shape index (κ2) is 6.68. The molecule has 3 saturated heterocycles. The number of likely N-dealkylation sites (tertiary alicyclic amines) is 1. The molecule has 1 atom stereocenters. The Bertz CT molecular complexity index is 973. The summed E-state index contributed by atoms with van der Waals surface area (Å²) >= 11 is 0. The molecule has 0 aromatic carbocycles. The van der Waals surface area contributed by atoms with Gasteiger partial charge in [0.05, 0.1) is 6.04 Å². The summed E-state index contributed by atoms with van der Waals surface area (Å²) in [7, 11) is -2.00. The molecule has 1 aliphatic carbocycles. The van der Waals surface area contributed by atoms with E-state index in [0.717, 1.165) is 12.8 Å². The Morgan fingerprint density at radius 1 is 1.20 bits per heavy atom. The smallest absolute Gasteiger partial charge is 0.410 e. The number of carbonyl (C=O) groups excluding carboxylic acids is 2. The van der Waals surface area contributed by atoms with Crippen molar-refractivity contribution in [2.24, 2.45) is 13.0 Å². The van der Waals surface area contributed by atoms with Crippen LogP contribution in [-0.2, 0) is 26.6 Å². The van der Waals surface area contributed by atoms with Crippen molar-refractivity contribution in [3.63, 3.8) is 0 Å². The van der Waals surface area contributed by atoms with E-state index in [2.05, 4.69) is 4.98 Å². The van der Waals surface area contributed by atoms with Crippen molar-refractivity contribution < 1.29 is 22.7 Å². The number of hydrogen-bond acceptors (Lipinski definition) is 6. The molecule has 4 heterocycles. The summed E-state index contributed by atoms with van der Waals surface area (Å²) in [5.41, 5.74) is -0.744. The lowest BCUT2D eigenvalue weighted by Crippen LogP contribution is -2.61. The fourth-order valence-corrected chi connectivity index (χ4v) is 6.32. The van der Waals surface area contributed by atoms with Gasteiger partial charge in [-0.1, -0.05) is 0 Å². The molecule has 4 aliphatic rings. The van der Waals surface area contributed by atoms with E-state index in [1.54, 1.807) is 23.4 Å². The maximum Gasteiger partial charge on any atom is 0.410 e. The van der Waals surface area contributed by atoms with E-state index in [1.807, 2.05) is 4.90 Å². The topological polar surface area (TPSA) is 105 Å². The lowest BCUT2D eigenvalue weighted by atomic mass is 9.83. The number of nitrogens with zero attached hydrogens (tertiary/aromatic N) is 5. The predicted molar refractivity (Wildman–Crippen MR) is 105 cm³/mol. The van der Waals surface area contributed by atoms with E-state index in [9.17, 15) is 18.0 Å². The predicted octanol–water partition coefficient (Wildman–Crippen LogP) is 0.325. The Kier molecular flexibility index (Phi) is 4.41. The Morgan fingerprint density at radius 2 is 1.90 bits per heavy atom. The Labute approximate surface area is 175 Å². The van der Waals surface area contributed by atoms with E-state index >= 15 is 0 Å². The molecule has 1 unspecified atom stereocenters. The highest BCUT2D eigenvalue weighted by Crippen LogP contribution is 2.42. The summed E-state index contributed by atoms with van der Waals surface area (Å²) in [6, 6.07) is -0.350. The van der Waals surface area contributed by atoms with Crippen molar-refractivity contribution >= 4 is 22.0 Å². The number of rotatable bonds is 3. The lowest BCUT2D eigenvalue weighted by molar-refractivity contribution is -0.136. The number of aromatic nitrogens is 2. The van der Waals surface area contributed by atoms with Gasteiger partial charge in [-0.3, -0.25) is 9.69 Å². The summed E-state index contributed by atoms with van der Waals surface area (Å²) in [6.07, 6.45) is 4.14. The molecule has 1 aromatic heterocycles. The number of sulfonamides is 1. The lowest BCUT2D eigenvalue weighted by Gasteiger charge is -2.44. The molecule has 0 bridgehead atoms. The Balaban J connectivity index is 1.35. The van der Waals surface area contributed by atoms with Gasteiger partial charge in [0.15, 0.2) is 5.03 Å². The van der Waals surface area contributed by atoms with Gasteiger partial charge in [0.1, 0.15) is 11.4 Å². The standard InChI is InChI=1S/C19H27N5O5S/c1-13-20-16(12-21(13)2)30(27,28)23-9-10-24-15(11-23)19(29-18(24)26)5-7-22(8-6-19)17(25)14-3-4-14/h12,14-15H,3-11H2,1-2H3. The number of amides is 2. The minimum atomic E-state index is -3.76. The van der Waals surface area contributed by atoms with Crippen molar-refractivity contribution in [2.45, 2.75) is 49.3 Å². The van der Waals surface area contributed by atoms with E-state index in [1.165, 1.54) is 10.5 Å². The first-order valence-electron chi connectivity index (χ1n) is 10.5. The summed E-state index contributed by atoms with van der Waals surface area (Å²) < 4.78 is 35.3. The van der Waals surface area contributed by atoms with Gasteiger partial charge in [0.2, 0.25) is 5.91 Å². The molecular weight excluding hydrogens is 410 g/mol. The number of aryl methyl sites for hydroxylation is 2. The fraction of sp³-hybridized carbons (Fsp3) is 0.737. The van der Waals surface area contributed by atoms with Gasteiger partial charge in [-0.25, -0.2) is 18.2 Å². The molecule has 4 fully saturated rings. The Morgan fingerprint density at radius 3 is 2.50 bits per heavy atom. The monoisotopic (exact) mass is 437 g/mol. The molecule has 0 radical (unpaired) electrons. The molecule has 30 heavy (non-hydrogen) atoms. The van der Waals surface area contributed by atoms with Gasteiger partial charge in [0.25, 0.3) is 10.0 Å². The molecular formula is C19H27N5O5S. The number of imidazole rings is 1. The molecule has 1 spiro atoms.